The number of nitrogens with one attached hydrogen (secondary N) is 2. The van der Waals surface area contributed by atoms with Crippen LogP contribution in [0.1, 0.15) is 26.7 Å². The maximum absolute atomic E-state index is 5.87. The summed E-state index contributed by atoms with van der Waals surface area (Å²) in [5.74, 6) is 0.563. The van der Waals surface area contributed by atoms with Crippen LogP contribution in [0, 0.1) is 0 Å². The highest BCUT2D eigenvalue weighted by Gasteiger charge is 2.10. The van der Waals surface area contributed by atoms with Crippen molar-refractivity contribution >= 4 is 17.5 Å². The highest BCUT2D eigenvalue weighted by molar-refractivity contribution is 6.20. The lowest BCUT2D eigenvalue weighted by atomic mass is 10.3. The van der Waals surface area contributed by atoms with E-state index in [1.807, 2.05) is 6.92 Å². The van der Waals surface area contributed by atoms with Crippen LogP contribution in [-0.2, 0) is 0 Å². The Labute approximate surface area is 94.7 Å². The smallest absolute Gasteiger partial charge is 0.226 e. The van der Waals surface area contributed by atoms with Crippen molar-refractivity contribution in [2.24, 2.45) is 0 Å². The number of anilines is 1. The Balaban J connectivity index is 2.50. The third kappa shape index (κ3) is 4.90. The molecule has 0 amide bonds. The monoisotopic (exact) mass is 229 g/mol. The zero-order valence-corrected chi connectivity index (χ0v) is 9.70. The number of hydrogen-bond acceptors (Lipinski definition) is 5. The van der Waals surface area contributed by atoms with E-state index >= 15 is 0 Å². The van der Waals surface area contributed by atoms with Gasteiger partial charge in [-0.3, -0.25) is 5.32 Å². The SMILES string of the molecule is CCCC(Nc1ncncn1)NC(C)Cl. The second-order valence-electron chi connectivity index (χ2n) is 3.23. The van der Waals surface area contributed by atoms with E-state index in [2.05, 4.69) is 32.5 Å². The molecule has 0 bridgehead atoms. The van der Waals surface area contributed by atoms with Crippen molar-refractivity contribution in [1.82, 2.24) is 20.3 Å². The molecule has 0 aliphatic heterocycles. The van der Waals surface area contributed by atoms with Crippen LogP contribution < -0.4 is 10.6 Å². The Hall–Kier alpha value is -0.940. The molecule has 5 nitrogen and oxygen atoms in total. The molecule has 1 heterocycles. The molecule has 2 N–H and O–H groups in total. The number of aromatic nitrogens is 3. The standard InChI is InChI=1S/C9H16ClN5/c1-3-4-8(14-7(2)10)15-9-12-5-11-6-13-9/h5-8,14H,3-4H2,1-2H3,(H,11,12,13,15). The number of alkyl halides is 1. The fourth-order valence-corrected chi connectivity index (χ4v) is 1.38. The van der Waals surface area contributed by atoms with Gasteiger partial charge in [-0.05, 0) is 13.3 Å². The summed E-state index contributed by atoms with van der Waals surface area (Å²) in [7, 11) is 0. The number of hydrogen-bond donors (Lipinski definition) is 2. The van der Waals surface area contributed by atoms with E-state index in [9.17, 15) is 0 Å². The number of rotatable bonds is 6. The largest absolute Gasteiger partial charge is 0.339 e. The molecule has 0 saturated heterocycles. The Morgan fingerprint density at radius 1 is 1.40 bits per heavy atom. The zero-order valence-electron chi connectivity index (χ0n) is 8.94. The lowest BCUT2D eigenvalue weighted by Crippen LogP contribution is -2.39. The maximum atomic E-state index is 5.87. The highest BCUT2D eigenvalue weighted by Crippen LogP contribution is 2.03. The predicted molar refractivity (Wildman–Crippen MR) is 60.6 cm³/mol. The van der Waals surface area contributed by atoms with E-state index in [0.717, 1.165) is 12.8 Å². The van der Waals surface area contributed by atoms with Crippen LogP contribution in [0.15, 0.2) is 12.7 Å². The van der Waals surface area contributed by atoms with Crippen LogP contribution >= 0.6 is 11.6 Å². The molecule has 1 rings (SSSR count). The molecular formula is C9H16ClN5. The molecule has 0 radical (unpaired) electrons. The molecule has 0 spiro atoms. The molecule has 0 fully saturated rings. The Bertz CT molecular complexity index is 266. The minimum absolute atomic E-state index is 0.0871. The Morgan fingerprint density at radius 2 is 2.07 bits per heavy atom. The van der Waals surface area contributed by atoms with Gasteiger partial charge in [0.15, 0.2) is 0 Å². The fourth-order valence-electron chi connectivity index (χ4n) is 1.23. The quantitative estimate of drug-likeness (QED) is 0.441. The normalized spacial score (nSPS) is 14.6. The minimum Gasteiger partial charge on any atom is -0.339 e. The summed E-state index contributed by atoms with van der Waals surface area (Å²) in [6.45, 7) is 4.00. The van der Waals surface area contributed by atoms with E-state index in [1.54, 1.807) is 0 Å². The molecule has 2 unspecified atom stereocenters. The van der Waals surface area contributed by atoms with Crippen LogP contribution in [0.2, 0.25) is 0 Å². The van der Waals surface area contributed by atoms with Crippen molar-refractivity contribution in [3.8, 4) is 0 Å². The number of nitrogens with zero attached hydrogens (tertiary/aromatic N) is 3. The molecule has 1 aromatic heterocycles. The number of halogens is 1. The summed E-state index contributed by atoms with van der Waals surface area (Å²) in [5, 5.41) is 6.34. The van der Waals surface area contributed by atoms with Gasteiger partial charge < -0.3 is 5.32 Å². The van der Waals surface area contributed by atoms with Gasteiger partial charge in [-0.25, -0.2) is 15.0 Å². The molecule has 0 aromatic carbocycles. The van der Waals surface area contributed by atoms with Gasteiger partial charge in [-0.1, -0.05) is 13.3 Å². The van der Waals surface area contributed by atoms with Gasteiger partial charge >= 0.3 is 0 Å². The molecule has 0 saturated carbocycles. The summed E-state index contributed by atoms with van der Waals surface area (Å²) in [6, 6.07) is 0. The molecule has 84 valence electrons. The van der Waals surface area contributed by atoms with Crippen molar-refractivity contribution in [1.29, 1.82) is 0 Å². The zero-order chi connectivity index (χ0) is 11.1. The van der Waals surface area contributed by atoms with Gasteiger partial charge in [0, 0.05) is 0 Å². The first-order valence-corrected chi connectivity index (χ1v) is 5.44. The highest BCUT2D eigenvalue weighted by atomic mass is 35.5. The lowest BCUT2D eigenvalue weighted by molar-refractivity contribution is 0.511. The molecule has 15 heavy (non-hydrogen) atoms. The van der Waals surface area contributed by atoms with Crippen LogP contribution in [0.25, 0.3) is 0 Å². The maximum Gasteiger partial charge on any atom is 0.226 e. The second-order valence-corrected chi connectivity index (χ2v) is 3.88. The fraction of sp³-hybridized carbons (Fsp3) is 0.667. The summed E-state index contributed by atoms with van der Waals surface area (Å²) in [6.07, 6.45) is 5.03. The van der Waals surface area contributed by atoms with Crippen molar-refractivity contribution in [2.75, 3.05) is 5.32 Å². The van der Waals surface area contributed by atoms with Crippen LogP contribution in [0.5, 0.6) is 0 Å². The first kappa shape index (κ1) is 12.1. The third-order valence-electron chi connectivity index (χ3n) is 1.80. The van der Waals surface area contributed by atoms with Gasteiger partial charge in [0.25, 0.3) is 0 Å². The van der Waals surface area contributed by atoms with E-state index in [-0.39, 0.29) is 11.7 Å². The lowest BCUT2D eigenvalue weighted by Gasteiger charge is -2.20. The minimum atomic E-state index is -0.0871. The molecule has 6 heteroatoms. The van der Waals surface area contributed by atoms with Crippen LogP contribution in [0.3, 0.4) is 0 Å². The van der Waals surface area contributed by atoms with Gasteiger partial charge in [0.2, 0.25) is 5.95 Å². The third-order valence-corrected chi connectivity index (χ3v) is 1.93. The summed E-state index contributed by atoms with van der Waals surface area (Å²) in [4.78, 5) is 11.7. The van der Waals surface area contributed by atoms with E-state index < -0.39 is 0 Å². The Kier molecular flexibility index (Phi) is 5.28. The topological polar surface area (TPSA) is 62.7 Å². The Morgan fingerprint density at radius 3 is 2.60 bits per heavy atom. The predicted octanol–water partition coefficient (Wildman–Crippen LogP) is 1.58. The van der Waals surface area contributed by atoms with Crippen molar-refractivity contribution in [2.45, 2.75) is 38.4 Å². The van der Waals surface area contributed by atoms with E-state index in [1.165, 1.54) is 12.7 Å². The molecule has 0 aliphatic carbocycles. The summed E-state index contributed by atoms with van der Waals surface area (Å²) < 4.78 is 0. The van der Waals surface area contributed by atoms with Crippen LogP contribution in [-0.4, -0.2) is 26.6 Å². The van der Waals surface area contributed by atoms with Crippen LogP contribution in [0.4, 0.5) is 5.95 Å². The van der Waals surface area contributed by atoms with Gasteiger partial charge in [0.1, 0.15) is 12.7 Å². The van der Waals surface area contributed by atoms with E-state index in [4.69, 9.17) is 11.6 Å². The molecule has 0 aliphatic rings. The van der Waals surface area contributed by atoms with Gasteiger partial charge in [-0.2, -0.15) is 0 Å². The molecule has 2 atom stereocenters. The summed E-state index contributed by atoms with van der Waals surface area (Å²) in [5.41, 5.74) is -0.0871. The first-order valence-electron chi connectivity index (χ1n) is 5.01. The first-order chi connectivity index (χ1) is 7.22. The average molecular weight is 230 g/mol. The molecular weight excluding hydrogens is 214 g/mol. The van der Waals surface area contributed by atoms with Crippen molar-refractivity contribution in [3.63, 3.8) is 0 Å². The molecule has 1 aromatic rings. The second kappa shape index (κ2) is 6.53. The summed E-state index contributed by atoms with van der Waals surface area (Å²) >= 11 is 5.87. The average Bonchev–Trinajstić information content (AvgIpc) is 2.18. The van der Waals surface area contributed by atoms with Crippen molar-refractivity contribution in [3.05, 3.63) is 12.7 Å². The van der Waals surface area contributed by atoms with E-state index in [0.29, 0.717) is 5.95 Å². The van der Waals surface area contributed by atoms with Gasteiger partial charge in [-0.15, -0.1) is 11.6 Å². The van der Waals surface area contributed by atoms with Crippen molar-refractivity contribution < 1.29 is 0 Å². The van der Waals surface area contributed by atoms with Gasteiger partial charge in [0.05, 0.1) is 11.7 Å².